The fourth-order valence-corrected chi connectivity index (χ4v) is 10.4. The molecule has 0 amide bonds. The molecule has 2 rings (SSSR count). The molecule has 0 N–H and O–H groups in total. The van der Waals surface area contributed by atoms with E-state index in [1.807, 2.05) is 0 Å². The van der Waals surface area contributed by atoms with E-state index in [0.29, 0.717) is 0 Å². The number of allylic oxidation sites excluding steroid dienone is 8. The summed E-state index contributed by atoms with van der Waals surface area (Å²) in [6, 6.07) is 0. The van der Waals surface area contributed by atoms with Gasteiger partial charge in [-0.1, -0.05) is 0 Å². The third-order valence-corrected chi connectivity index (χ3v) is 16.6. The standard InChI is InChI=1S/2C5H5.5CH3.Rh/c2*1-2-4-5-3-1;;;;;;/h2*1-3H,4H2;5*1H3;. The Balaban J connectivity index is 2.71. The number of hydrogen-bond donors (Lipinski definition) is 0. The van der Waals surface area contributed by atoms with Crippen molar-refractivity contribution in [3.05, 3.63) is 44.8 Å². The quantitative estimate of drug-likeness (QED) is 0.576. The molecule has 0 heterocycles. The third kappa shape index (κ3) is 1.52. The van der Waals surface area contributed by atoms with E-state index in [4.69, 9.17) is 0 Å². The Bertz CT molecular complexity index is 441. The van der Waals surface area contributed by atoms with Gasteiger partial charge in [0, 0.05) is 0 Å². The topological polar surface area (TPSA) is 0 Å². The summed E-state index contributed by atoms with van der Waals surface area (Å²) >= 11 is -3.41. The van der Waals surface area contributed by atoms with Crippen molar-refractivity contribution in [1.29, 1.82) is 0 Å². The van der Waals surface area contributed by atoms with Crippen molar-refractivity contribution in [3.8, 4) is 0 Å². The molecular weight excluding hydrogens is 283 g/mol. The SMILES string of the molecule is [CH3][Rh]([CH3])([CH3])([CH3])([CH3])([C]1=CC=CC1)[C]1=CC=CC1. The number of hydrogen-bond acceptors (Lipinski definition) is 0. The van der Waals surface area contributed by atoms with Crippen LogP contribution in [-0.4, -0.2) is 0 Å². The predicted molar refractivity (Wildman–Crippen MR) is 73.0 cm³/mol. The fraction of sp³-hybridized carbons (Fsp3) is 0.467. The normalized spacial score (nSPS) is 26.7. The molecule has 0 aliphatic heterocycles. The first kappa shape index (κ1) is 12.1. The van der Waals surface area contributed by atoms with Gasteiger partial charge in [0.2, 0.25) is 0 Å². The molecule has 0 spiro atoms. The van der Waals surface area contributed by atoms with E-state index in [-0.39, 0.29) is 0 Å². The van der Waals surface area contributed by atoms with Crippen LogP contribution in [0, 0.1) is 0 Å². The van der Waals surface area contributed by atoms with Gasteiger partial charge >= 0.3 is 96.5 Å². The van der Waals surface area contributed by atoms with Gasteiger partial charge in [0.15, 0.2) is 0 Å². The maximum absolute atomic E-state index is 3.41. The minimum atomic E-state index is -3.41. The van der Waals surface area contributed by atoms with Gasteiger partial charge in [0.05, 0.1) is 0 Å². The molecule has 0 saturated carbocycles. The van der Waals surface area contributed by atoms with Crippen LogP contribution in [0.25, 0.3) is 0 Å². The van der Waals surface area contributed by atoms with E-state index < -0.39 is 11.2 Å². The Morgan fingerprint density at radius 1 is 0.750 bits per heavy atom. The monoisotopic (exact) mass is 308 g/mol. The predicted octanol–water partition coefficient (Wildman–Crippen LogP) is 5.68. The Morgan fingerprint density at radius 3 is 1.38 bits per heavy atom. The first-order chi connectivity index (χ1) is 6.96. The van der Waals surface area contributed by atoms with Crippen molar-refractivity contribution < 1.29 is 11.2 Å². The van der Waals surface area contributed by atoms with Crippen molar-refractivity contribution >= 4 is 0 Å². The molecule has 16 heavy (non-hydrogen) atoms. The van der Waals surface area contributed by atoms with Crippen LogP contribution in [-0.2, 0) is 11.2 Å². The molecule has 0 aromatic carbocycles. The summed E-state index contributed by atoms with van der Waals surface area (Å²) in [7, 11) is 0. The van der Waals surface area contributed by atoms with Gasteiger partial charge in [-0.2, -0.15) is 0 Å². The molecule has 0 atom stereocenters. The summed E-state index contributed by atoms with van der Waals surface area (Å²) in [5, 5.41) is 0. The zero-order chi connectivity index (χ0) is 12.2. The zero-order valence-corrected chi connectivity index (χ0v) is 12.9. The molecule has 0 saturated heterocycles. The van der Waals surface area contributed by atoms with Crippen LogP contribution in [0.4, 0.5) is 0 Å². The molecule has 1 heteroatoms. The van der Waals surface area contributed by atoms with Crippen molar-refractivity contribution in [2.75, 3.05) is 0 Å². The van der Waals surface area contributed by atoms with E-state index in [1.54, 1.807) is 8.33 Å². The molecule has 2 aliphatic rings. The first-order valence-electron chi connectivity index (χ1n) is 5.43. The fourth-order valence-electron chi connectivity index (χ4n) is 2.32. The van der Waals surface area contributed by atoms with Gasteiger partial charge in [0.1, 0.15) is 0 Å². The first-order valence-corrected chi connectivity index (χ1v) is 15.3. The van der Waals surface area contributed by atoms with Crippen molar-refractivity contribution in [1.82, 2.24) is 0 Å². The summed E-state index contributed by atoms with van der Waals surface area (Å²) in [4.78, 5) is 0. The van der Waals surface area contributed by atoms with E-state index in [9.17, 15) is 0 Å². The second-order valence-electron chi connectivity index (χ2n) is 7.52. The van der Waals surface area contributed by atoms with Gasteiger partial charge in [0.25, 0.3) is 0 Å². The molecule has 0 bridgehead atoms. The molecule has 0 nitrogen and oxygen atoms in total. The summed E-state index contributed by atoms with van der Waals surface area (Å²) < 4.78 is 3.32. The summed E-state index contributed by atoms with van der Waals surface area (Å²) in [6.45, 7) is 0. The van der Waals surface area contributed by atoms with Gasteiger partial charge in [-0.3, -0.25) is 0 Å². The second kappa shape index (κ2) is 2.25. The summed E-state index contributed by atoms with van der Waals surface area (Å²) in [5.41, 5.74) is 12.7. The van der Waals surface area contributed by atoms with Crippen LogP contribution < -0.4 is 0 Å². The Hall–Kier alpha value is -0.417. The van der Waals surface area contributed by atoms with Crippen molar-refractivity contribution in [2.45, 2.75) is 40.4 Å². The minimum absolute atomic E-state index is 1.14. The van der Waals surface area contributed by atoms with Crippen LogP contribution in [0.3, 0.4) is 0 Å². The van der Waals surface area contributed by atoms with Gasteiger partial charge in [-0.05, 0) is 0 Å². The average Bonchev–Trinajstić information content (AvgIpc) is 2.76. The van der Waals surface area contributed by atoms with Gasteiger partial charge in [-0.15, -0.1) is 0 Å². The van der Waals surface area contributed by atoms with E-state index in [1.165, 1.54) is 0 Å². The second-order valence-corrected chi connectivity index (χ2v) is 34.6. The van der Waals surface area contributed by atoms with E-state index in [0.717, 1.165) is 12.8 Å². The van der Waals surface area contributed by atoms with Gasteiger partial charge < -0.3 is 0 Å². The maximum atomic E-state index is 2.55. The van der Waals surface area contributed by atoms with Crippen molar-refractivity contribution in [2.24, 2.45) is 0 Å². The van der Waals surface area contributed by atoms with E-state index in [2.05, 4.69) is 64.0 Å². The summed E-state index contributed by atoms with van der Waals surface area (Å²) in [5.74, 6) is 0. The van der Waals surface area contributed by atoms with Crippen LogP contribution >= 0.6 is 0 Å². The van der Waals surface area contributed by atoms with E-state index >= 15 is 0 Å². The van der Waals surface area contributed by atoms with Crippen LogP contribution in [0.5, 0.6) is 0 Å². The molecule has 94 valence electrons. The molecule has 0 aromatic rings. The van der Waals surface area contributed by atoms with Crippen LogP contribution in [0.15, 0.2) is 44.8 Å². The zero-order valence-electron chi connectivity index (χ0n) is 11.2. The Morgan fingerprint density at radius 2 is 1.12 bits per heavy atom. The summed E-state index contributed by atoms with van der Waals surface area (Å²) in [6.07, 6.45) is 16.0. The molecule has 0 radical (unpaired) electrons. The van der Waals surface area contributed by atoms with Crippen molar-refractivity contribution in [3.63, 3.8) is 0 Å². The average molecular weight is 308 g/mol. The molecular formula is C15H25Rh. The Labute approximate surface area is 96.4 Å². The van der Waals surface area contributed by atoms with Crippen LogP contribution in [0.2, 0.25) is 27.6 Å². The van der Waals surface area contributed by atoms with Gasteiger partial charge in [-0.25, -0.2) is 0 Å². The number of rotatable bonds is 2. The molecule has 0 aromatic heterocycles. The van der Waals surface area contributed by atoms with Crippen LogP contribution in [0.1, 0.15) is 12.8 Å². The Kier molecular flexibility index (Phi) is 1.69. The molecule has 0 fully saturated rings. The molecule has 2 aliphatic carbocycles. The third-order valence-electron chi connectivity index (χ3n) is 3.77. The molecule has 0 unspecified atom stereocenters.